The normalized spacial score (nSPS) is 15.6. The Labute approximate surface area is 176 Å². The zero-order valence-corrected chi connectivity index (χ0v) is 17.3. The number of thioether (sulfide) groups is 1. The molecular weight excluding hydrogens is 408 g/mol. The first-order valence-electron chi connectivity index (χ1n) is 9.11. The van der Waals surface area contributed by atoms with Gasteiger partial charge in [0.05, 0.1) is 23.3 Å². The first-order valence-corrected chi connectivity index (χ1v) is 10.3. The molecule has 1 aliphatic rings. The molecule has 0 radical (unpaired) electrons. The minimum Gasteiger partial charge on any atom is -0.467 e. The van der Waals surface area contributed by atoms with E-state index in [9.17, 15) is 9.59 Å². The van der Waals surface area contributed by atoms with Gasteiger partial charge >= 0.3 is 0 Å². The molecule has 9 heteroatoms. The smallest absolute Gasteiger partial charge is 0.267 e. The van der Waals surface area contributed by atoms with E-state index in [1.165, 1.54) is 21.1 Å². The third-order valence-electron chi connectivity index (χ3n) is 4.35. The van der Waals surface area contributed by atoms with Gasteiger partial charge < -0.3 is 9.73 Å². The number of nitrogens with one attached hydrogen (secondary N) is 1. The number of thiocarbonyl (C=S) groups is 1. The SMILES string of the molecule is CCCNc1nc2ccccn2c(=O)c1/C=C1\SC(=S)N(Cc2ccco2)C1=O. The van der Waals surface area contributed by atoms with Gasteiger partial charge in [0.1, 0.15) is 21.5 Å². The highest BCUT2D eigenvalue weighted by atomic mass is 32.2. The first-order chi connectivity index (χ1) is 14.1. The Morgan fingerprint density at radius 1 is 1.28 bits per heavy atom. The van der Waals surface area contributed by atoms with Gasteiger partial charge in [0.15, 0.2) is 0 Å². The fourth-order valence-electron chi connectivity index (χ4n) is 2.94. The monoisotopic (exact) mass is 426 g/mol. The number of furan rings is 1. The average Bonchev–Trinajstić information content (AvgIpc) is 3.33. The van der Waals surface area contributed by atoms with Crippen molar-refractivity contribution in [2.45, 2.75) is 19.9 Å². The molecule has 4 heterocycles. The van der Waals surface area contributed by atoms with Crippen molar-refractivity contribution in [1.82, 2.24) is 14.3 Å². The van der Waals surface area contributed by atoms with Gasteiger partial charge in [-0.1, -0.05) is 37.0 Å². The third-order valence-corrected chi connectivity index (χ3v) is 5.73. The standard InChI is InChI=1S/C20H18N4O3S2/c1-2-8-21-17-14(18(25)23-9-4-3-7-16(23)22-17)11-15-19(26)24(20(28)29-15)12-13-6-5-10-27-13/h3-7,9-11,21H,2,8,12H2,1H3/b15-11-. The number of carbonyl (C=O) groups excluding carboxylic acids is 1. The average molecular weight is 427 g/mol. The predicted octanol–water partition coefficient (Wildman–Crippen LogP) is 3.51. The molecule has 3 aromatic heterocycles. The predicted molar refractivity (Wildman–Crippen MR) is 118 cm³/mol. The van der Waals surface area contributed by atoms with E-state index >= 15 is 0 Å². The number of carbonyl (C=O) groups is 1. The van der Waals surface area contributed by atoms with Crippen LogP contribution in [0.25, 0.3) is 11.7 Å². The molecule has 7 nitrogen and oxygen atoms in total. The van der Waals surface area contributed by atoms with Gasteiger partial charge in [-0.05, 0) is 36.8 Å². The molecule has 0 bridgehead atoms. The summed E-state index contributed by atoms with van der Waals surface area (Å²) in [5.41, 5.74) is 0.629. The molecule has 0 spiro atoms. The van der Waals surface area contributed by atoms with Crippen LogP contribution in [-0.2, 0) is 11.3 Å². The maximum absolute atomic E-state index is 13.1. The highest BCUT2D eigenvalue weighted by Gasteiger charge is 2.33. The summed E-state index contributed by atoms with van der Waals surface area (Å²) < 4.78 is 7.21. The van der Waals surface area contributed by atoms with E-state index in [-0.39, 0.29) is 18.0 Å². The van der Waals surface area contributed by atoms with E-state index < -0.39 is 0 Å². The van der Waals surface area contributed by atoms with E-state index in [4.69, 9.17) is 16.6 Å². The summed E-state index contributed by atoms with van der Waals surface area (Å²) in [6, 6.07) is 8.91. The molecule has 0 atom stereocenters. The van der Waals surface area contributed by atoms with Crippen LogP contribution in [0.4, 0.5) is 5.82 Å². The van der Waals surface area contributed by atoms with E-state index in [0.717, 1.165) is 6.42 Å². The highest BCUT2D eigenvalue weighted by molar-refractivity contribution is 8.26. The molecule has 4 rings (SSSR count). The number of anilines is 1. The van der Waals surface area contributed by atoms with Crippen molar-refractivity contribution in [2.24, 2.45) is 0 Å². The van der Waals surface area contributed by atoms with Crippen LogP contribution in [0.15, 0.2) is 56.9 Å². The van der Waals surface area contributed by atoms with Crippen molar-refractivity contribution in [1.29, 1.82) is 0 Å². The molecule has 0 aliphatic carbocycles. The quantitative estimate of drug-likeness (QED) is 0.477. The van der Waals surface area contributed by atoms with Crippen molar-refractivity contribution >= 4 is 51.7 Å². The Balaban J connectivity index is 1.75. The van der Waals surface area contributed by atoms with Crippen LogP contribution < -0.4 is 10.9 Å². The summed E-state index contributed by atoms with van der Waals surface area (Å²) in [4.78, 5) is 32.4. The number of aromatic nitrogens is 2. The molecule has 148 valence electrons. The molecule has 29 heavy (non-hydrogen) atoms. The minimum atomic E-state index is -0.254. The molecule has 1 amide bonds. The van der Waals surface area contributed by atoms with E-state index in [1.54, 1.807) is 42.8 Å². The fourth-order valence-corrected chi connectivity index (χ4v) is 4.17. The van der Waals surface area contributed by atoms with Crippen molar-refractivity contribution in [3.05, 3.63) is 69.4 Å². The Morgan fingerprint density at radius 2 is 2.14 bits per heavy atom. The van der Waals surface area contributed by atoms with Gasteiger partial charge in [-0.15, -0.1) is 0 Å². The van der Waals surface area contributed by atoms with Crippen molar-refractivity contribution in [3.8, 4) is 0 Å². The molecular formula is C20H18N4O3S2. The number of amides is 1. The zero-order valence-electron chi connectivity index (χ0n) is 15.6. The lowest BCUT2D eigenvalue weighted by atomic mass is 10.2. The Kier molecular flexibility index (Phi) is 5.50. The summed E-state index contributed by atoms with van der Waals surface area (Å²) in [6.45, 7) is 2.95. The van der Waals surface area contributed by atoms with Gasteiger partial charge in [-0.25, -0.2) is 4.98 Å². The number of rotatable bonds is 6. The molecule has 1 fully saturated rings. The zero-order chi connectivity index (χ0) is 20.4. The lowest BCUT2D eigenvalue weighted by molar-refractivity contribution is -0.122. The second kappa shape index (κ2) is 8.22. The van der Waals surface area contributed by atoms with Crippen molar-refractivity contribution < 1.29 is 9.21 Å². The van der Waals surface area contributed by atoms with E-state index in [2.05, 4.69) is 10.3 Å². The summed E-state index contributed by atoms with van der Waals surface area (Å²) in [5, 5.41) is 3.19. The Bertz CT molecular complexity index is 1170. The van der Waals surface area contributed by atoms with Gasteiger partial charge in [-0.3, -0.25) is 18.9 Å². The maximum atomic E-state index is 13.1. The van der Waals surface area contributed by atoms with E-state index in [1.807, 2.05) is 13.0 Å². The summed E-state index contributed by atoms with van der Waals surface area (Å²) in [7, 11) is 0. The fraction of sp³-hybridized carbons (Fsp3) is 0.200. The topological polar surface area (TPSA) is 79.9 Å². The molecule has 0 aromatic carbocycles. The molecule has 1 N–H and O–H groups in total. The van der Waals surface area contributed by atoms with Crippen LogP contribution in [0.2, 0.25) is 0 Å². The van der Waals surface area contributed by atoms with Crippen LogP contribution >= 0.6 is 24.0 Å². The number of hydrogen-bond donors (Lipinski definition) is 1. The van der Waals surface area contributed by atoms with Gasteiger partial charge in [0.2, 0.25) is 0 Å². The van der Waals surface area contributed by atoms with Crippen LogP contribution in [0, 0.1) is 0 Å². The largest absolute Gasteiger partial charge is 0.467 e. The number of fused-ring (bicyclic) bond motifs is 1. The van der Waals surface area contributed by atoms with E-state index in [0.29, 0.717) is 38.6 Å². The third kappa shape index (κ3) is 3.83. The molecule has 0 saturated carbocycles. The molecule has 1 saturated heterocycles. The molecule has 3 aromatic rings. The molecule has 0 unspecified atom stereocenters. The lowest BCUT2D eigenvalue weighted by Crippen LogP contribution is -2.27. The highest BCUT2D eigenvalue weighted by Crippen LogP contribution is 2.34. The Morgan fingerprint density at radius 3 is 2.90 bits per heavy atom. The number of nitrogens with zero attached hydrogens (tertiary/aromatic N) is 3. The second-order valence-electron chi connectivity index (χ2n) is 6.38. The van der Waals surface area contributed by atoms with Crippen LogP contribution in [0.5, 0.6) is 0 Å². The lowest BCUT2D eigenvalue weighted by Gasteiger charge is -2.12. The second-order valence-corrected chi connectivity index (χ2v) is 8.06. The minimum absolute atomic E-state index is 0.245. The van der Waals surface area contributed by atoms with Crippen LogP contribution in [0.1, 0.15) is 24.7 Å². The summed E-state index contributed by atoms with van der Waals surface area (Å²) >= 11 is 6.54. The van der Waals surface area contributed by atoms with Gasteiger partial charge in [-0.2, -0.15) is 0 Å². The van der Waals surface area contributed by atoms with Gasteiger partial charge in [0.25, 0.3) is 11.5 Å². The number of hydrogen-bond acceptors (Lipinski definition) is 7. The number of pyridine rings is 1. The molecule has 1 aliphatic heterocycles. The first kappa shape index (κ1) is 19.4. The Hall–Kier alpha value is -2.91. The maximum Gasteiger partial charge on any atom is 0.267 e. The van der Waals surface area contributed by atoms with Crippen molar-refractivity contribution in [2.75, 3.05) is 11.9 Å². The van der Waals surface area contributed by atoms with Gasteiger partial charge in [0, 0.05) is 12.7 Å². The van der Waals surface area contributed by atoms with Crippen LogP contribution in [0.3, 0.4) is 0 Å². The van der Waals surface area contributed by atoms with Crippen molar-refractivity contribution in [3.63, 3.8) is 0 Å². The summed E-state index contributed by atoms with van der Waals surface area (Å²) in [5.74, 6) is 0.843. The summed E-state index contributed by atoms with van der Waals surface area (Å²) in [6.07, 6.45) is 5.67. The van der Waals surface area contributed by atoms with Crippen LogP contribution in [-0.4, -0.2) is 31.1 Å².